The van der Waals surface area contributed by atoms with Crippen molar-refractivity contribution < 1.29 is 18.3 Å². The minimum atomic E-state index is -4.62. The average Bonchev–Trinajstić information content (AvgIpc) is 2.80. The van der Waals surface area contributed by atoms with Crippen LogP contribution >= 0.6 is 0 Å². The molecule has 0 aliphatic carbocycles. The van der Waals surface area contributed by atoms with Crippen LogP contribution in [0, 0.1) is 6.92 Å². The van der Waals surface area contributed by atoms with E-state index in [1.807, 2.05) is 0 Å². The number of fused-ring (bicyclic) bond motifs is 1. The van der Waals surface area contributed by atoms with Gasteiger partial charge in [0.2, 0.25) is 5.88 Å². The first-order valence-electron chi connectivity index (χ1n) is 6.59. The molecule has 6 nitrogen and oxygen atoms in total. The van der Waals surface area contributed by atoms with Crippen molar-refractivity contribution in [2.45, 2.75) is 19.5 Å². The third-order valence-electron chi connectivity index (χ3n) is 3.34. The number of rotatable bonds is 2. The maximum Gasteiger partial charge on any atom is 0.393 e. The minimum absolute atomic E-state index is 0.0922. The van der Waals surface area contributed by atoms with E-state index in [2.05, 4.69) is 15.1 Å². The van der Waals surface area contributed by atoms with Crippen molar-refractivity contribution in [3.63, 3.8) is 0 Å². The summed E-state index contributed by atoms with van der Waals surface area (Å²) < 4.78 is 38.5. The van der Waals surface area contributed by atoms with Crippen molar-refractivity contribution in [1.29, 1.82) is 0 Å². The first kappa shape index (κ1) is 15.1. The largest absolute Gasteiger partial charge is 0.493 e. The molecule has 0 radical (unpaired) electrons. The molecule has 9 heteroatoms. The van der Waals surface area contributed by atoms with Crippen molar-refractivity contribution in [2.75, 3.05) is 0 Å². The number of hydrogen-bond donors (Lipinski definition) is 2. The molecule has 0 aliphatic heterocycles. The fraction of sp³-hybridized carbons (Fsp3) is 0.214. The summed E-state index contributed by atoms with van der Waals surface area (Å²) in [6, 6.07) is 5.09. The quantitative estimate of drug-likeness (QED) is 0.757. The molecule has 0 fully saturated rings. The van der Waals surface area contributed by atoms with Gasteiger partial charge in [-0.25, -0.2) is 0 Å². The van der Waals surface area contributed by atoms with Crippen LogP contribution in [-0.2, 0) is 6.42 Å². The van der Waals surface area contributed by atoms with Crippen LogP contribution in [-0.4, -0.2) is 30.9 Å². The van der Waals surface area contributed by atoms with Gasteiger partial charge >= 0.3 is 6.18 Å². The van der Waals surface area contributed by atoms with Crippen LogP contribution in [0.25, 0.3) is 16.9 Å². The number of hydrogen-bond acceptors (Lipinski definition) is 4. The molecule has 120 valence electrons. The number of nitrogens with one attached hydrogen (secondary N) is 1. The fourth-order valence-corrected chi connectivity index (χ4v) is 2.39. The van der Waals surface area contributed by atoms with E-state index in [0.29, 0.717) is 17.0 Å². The van der Waals surface area contributed by atoms with Gasteiger partial charge in [0, 0.05) is 6.20 Å². The fourth-order valence-electron chi connectivity index (χ4n) is 2.39. The normalized spacial score (nSPS) is 12.0. The van der Waals surface area contributed by atoms with E-state index in [9.17, 15) is 23.1 Å². The molecule has 3 heterocycles. The van der Waals surface area contributed by atoms with Gasteiger partial charge in [-0.2, -0.15) is 22.8 Å². The molecule has 0 amide bonds. The Kier molecular flexibility index (Phi) is 3.35. The van der Waals surface area contributed by atoms with Gasteiger partial charge in [-0.15, -0.1) is 0 Å². The molecule has 3 rings (SSSR count). The van der Waals surface area contributed by atoms with E-state index in [0.717, 1.165) is 4.52 Å². The third-order valence-corrected chi connectivity index (χ3v) is 3.34. The number of aryl methyl sites for hydroxylation is 1. The zero-order valence-electron chi connectivity index (χ0n) is 11.8. The van der Waals surface area contributed by atoms with Crippen LogP contribution in [0.1, 0.15) is 11.3 Å². The zero-order chi connectivity index (χ0) is 16.8. The van der Waals surface area contributed by atoms with Gasteiger partial charge in [0.1, 0.15) is 5.65 Å². The van der Waals surface area contributed by atoms with Gasteiger partial charge in [0.25, 0.3) is 5.56 Å². The summed E-state index contributed by atoms with van der Waals surface area (Å²) in [5.74, 6) is -0.827. The standard InChI is InChI=1S/C14H11F3N4O2/c1-7-10(9-4-2-3-5-18-9)11-19-12(22)8(6-14(15,16)17)13(23)21(11)20-7/h2-5,23H,6H2,1H3,(H,19,22). The van der Waals surface area contributed by atoms with Crippen molar-refractivity contribution in [2.24, 2.45) is 0 Å². The smallest absolute Gasteiger partial charge is 0.393 e. The molecule has 0 aliphatic rings. The number of alkyl halides is 3. The molecule has 2 N–H and O–H groups in total. The highest BCUT2D eigenvalue weighted by Crippen LogP contribution is 2.29. The first-order chi connectivity index (χ1) is 10.8. The molecule has 3 aromatic rings. The van der Waals surface area contributed by atoms with E-state index in [4.69, 9.17) is 0 Å². The Morgan fingerprint density at radius 3 is 2.70 bits per heavy atom. The molecular weight excluding hydrogens is 313 g/mol. The van der Waals surface area contributed by atoms with E-state index in [-0.39, 0.29) is 5.65 Å². The van der Waals surface area contributed by atoms with Crippen LogP contribution < -0.4 is 5.56 Å². The molecule has 0 spiro atoms. The number of nitrogens with zero attached hydrogens (tertiary/aromatic N) is 3. The summed E-state index contributed by atoms with van der Waals surface area (Å²) in [6.07, 6.45) is -4.62. The molecule has 0 atom stereocenters. The second-order valence-electron chi connectivity index (χ2n) is 4.98. The number of H-pyrrole nitrogens is 1. The number of aromatic hydroxyl groups is 1. The highest BCUT2D eigenvalue weighted by atomic mass is 19.4. The lowest BCUT2D eigenvalue weighted by Gasteiger charge is -2.08. The number of aromatic amines is 1. The van der Waals surface area contributed by atoms with Gasteiger partial charge in [0.15, 0.2) is 0 Å². The first-order valence-corrected chi connectivity index (χ1v) is 6.59. The highest BCUT2D eigenvalue weighted by Gasteiger charge is 2.32. The Labute approximate surface area is 127 Å². The van der Waals surface area contributed by atoms with Crippen LogP contribution in [0.3, 0.4) is 0 Å². The molecule has 0 aromatic carbocycles. The Bertz CT molecular complexity index is 929. The summed E-state index contributed by atoms with van der Waals surface area (Å²) in [6.45, 7) is 1.61. The van der Waals surface area contributed by atoms with E-state index in [1.54, 1.807) is 25.1 Å². The molecule has 3 aromatic heterocycles. The minimum Gasteiger partial charge on any atom is -0.493 e. The molecule has 0 saturated heterocycles. The lowest BCUT2D eigenvalue weighted by atomic mass is 10.1. The molecular formula is C14H11F3N4O2. The topological polar surface area (TPSA) is 83.3 Å². The van der Waals surface area contributed by atoms with Crippen LogP contribution in [0.4, 0.5) is 13.2 Å². The average molecular weight is 324 g/mol. The van der Waals surface area contributed by atoms with Gasteiger partial charge < -0.3 is 10.1 Å². The summed E-state index contributed by atoms with van der Waals surface area (Å²) >= 11 is 0. The Balaban J connectivity index is 2.28. The van der Waals surface area contributed by atoms with E-state index < -0.39 is 29.6 Å². The molecule has 0 bridgehead atoms. The summed E-state index contributed by atoms with van der Waals surface area (Å²) in [5.41, 5.74) is -0.354. The van der Waals surface area contributed by atoms with E-state index in [1.165, 1.54) is 6.20 Å². The van der Waals surface area contributed by atoms with Crippen LogP contribution in [0.5, 0.6) is 5.88 Å². The maximum atomic E-state index is 12.5. The SMILES string of the molecule is Cc1nn2c(O)c(CC(F)(F)F)c(=O)[nH]c2c1-c1ccccn1. The van der Waals surface area contributed by atoms with Crippen LogP contribution in [0.15, 0.2) is 29.2 Å². The molecule has 23 heavy (non-hydrogen) atoms. The molecule has 0 saturated carbocycles. The van der Waals surface area contributed by atoms with Crippen molar-refractivity contribution in [1.82, 2.24) is 19.6 Å². The highest BCUT2D eigenvalue weighted by molar-refractivity contribution is 5.77. The van der Waals surface area contributed by atoms with Crippen molar-refractivity contribution >= 4 is 5.65 Å². The zero-order valence-corrected chi connectivity index (χ0v) is 11.8. The van der Waals surface area contributed by atoms with Crippen LogP contribution in [0.2, 0.25) is 0 Å². The van der Waals surface area contributed by atoms with E-state index >= 15 is 0 Å². The number of pyridine rings is 1. The van der Waals surface area contributed by atoms with Gasteiger partial charge in [-0.05, 0) is 19.1 Å². The monoisotopic (exact) mass is 324 g/mol. The summed E-state index contributed by atoms with van der Waals surface area (Å²) in [7, 11) is 0. The lowest BCUT2D eigenvalue weighted by molar-refractivity contribution is -0.127. The number of halogens is 3. The Morgan fingerprint density at radius 2 is 2.09 bits per heavy atom. The lowest BCUT2D eigenvalue weighted by Crippen LogP contribution is -2.22. The maximum absolute atomic E-state index is 12.5. The summed E-state index contributed by atoms with van der Waals surface area (Å²) in [4.78, 5) is 18.4. The van der Waals surface area contributed by atoms with Gasteiger partial charge in [-0.1, -0.05) is 6.07 Å². The second kappa shape index (κ2) is 5.11. The Hall–Kier alpha value is -2.84. The van der Waals surface area contributed by atoms with Crippen molar-refractivity contribution in [3.8, 4) is 17.1 Å². The summed E-state index contributed by atoms with van der Waals surface area (Å²) in [5, 5.41) is 14.0. The van der Waals surface area contributed by atoms with Gasteiger partial charge in [0.05, 0.1) is 28.9 Å². The third kappa shape index (κ3) is 2.65. The molecule has 0 unspecified atom stereocenters. The second-order valence-corrected chi connectivity index (χ2v) is 4.98. The number of aromatic nitrogens is 4. The van der Waals surface area contributed by atoms with Gasteiger partial charge in [-0.3, -0.25) is 9.78 Å². The predicted octanol–water partition coefficient (Wildman–Crippen LogP) is 2.20. The Morgan fingerprint density at radius 1 is 1.35 bits per heavy atom. The van der Waals surface area contributed by atoms with Crippen molar-refractivity contribution in [3.05, 3.63) is 46.0 Å². The predicted molar refractivity (Wildman–Crippen MR) is 75.2 cm³/mol.